The van der Waals surface area contributed by atoms with Crippen molar-refractivity contribution in [2.45, 2.75) is 20.4 Å². The molecule has 1 aromatic carbocycles. The van der Waals surface area contributed by atoms with Crippen LogP contribution in [0.15, 0.2) is 18.2 Å². The van der Waals surface area contributed by atoms with Crippen molar-refractivity contribution in [3.8, 4) is 11.5 Å². The average molecular weight is 225 g/mol. The Morgan fingerprint density at radius 2 is 1.94 bits per heavy atom. The van der Waals surface area contributed by atoms with Crippen LogP contribution in [0.2, 0.25) is 0 Å². The molecular formula is C12H19NO3. The molecule has 0 heterocycles. The van der Waals surface area contributed by atoms with Gasteiger partial charge in [-0.05, 0) is 31.5 Å². The first kappa shape index (κ1) is 12.8. The van der Waals surface area contributed by atoms with Gasteiger partial charge in [0.2, 0.25) is 0 Å². The van der Waals surface area contributed by atoms with Gasteiger partial charge < -0.3 is 14.3 Å². The molecule has 1 aromatic rings. The van der Waals surface area contributed by atoms with E-state index in [1.807, 2.05) is 32.0 Å². The highest BCUT2D eigenvalue weighted by Crippen LogP contribution is 2.27. The maximum atomic E-state index is 5.48. The standard InChI is InChI=1S/C12H19NO3/c1-4-15-12-8-10(9-13-16-5-2)6-7-11(12)14-3/h6-8,13H,4-5,9H2,1-3H3. The molecule has 0 aromatic heterocycles. The van der Waals surface area contributed by atoms with Crippen molar-refractivity contribution in [1.82, 2.24) is 5.48 Å². The van der Waals surface area contributed by atoms with Crippen molar-refractivity contribution in [2.75, 3.05) is 20.3 Å². The quantitative estimate of drug-likeness (QED) is 0.570. The maximum absolute atomic E-state index is 5.48. The Morgan fingerprint density at radius 3 is 2.56 bits per heavy atom. The Balaban J connectivity index is 2.68. The van der Waals surface area contributed by atoms with Crippen LogP contribution in [-0.2, 0) is 11.4 Å². The molecule has 1 N–H and O–H groups in total. The summed E-state index contributed by atoms with van der Waals surface area (Å²) in [6.45, 7) is 5.81. The summed E-state index contributed by atoms with van der Waals surface area (Å²) in [6, 6.07) is 5.83. The highest BCUT2D eigenvalue weighted by molar-refractivity contribution is 5.42. The van der Waals surface area contributed by atoms with Crippen molar-refractivity contribution in [3.63, 3.8) is 0 Å². The zero-order valence-corrected chi connectivity index (χ0v) is 10.1. The fraction of sp³-hybridized carbons (Fsp3) is 0.500. The number of benzene rings is 1. The SMILES string of the molecule is CCONCc1ccc(OC)c(OCC)c1. The van der Waals surface area contributed by atoms with E-state index in [0.29, 0.717) is 19.8 Å². The summed E-state index contributed by atoms with van der Waals surface area (Å²) in [7, 11) is 1.63. The number of hydrogen-bond donors (Lipinski definition) is 1. The van der Waals surface area contributed by atoms with Crippen molar-refractivity contribution >= 4 is 0 Å². The van der Waals surface area contributed by atoms with Gasteiger partial charge in [0, 0.05) is 6.54 Å². The van der Waals surface area contributed by atoms with Crippen molar-refractivity contribution in [3.05, 3.63) is 23.8 Å². The number of nitrogens with one attached hydrogen (secondary N) is 1. The first-order valence-electron chi connectivity index (χ1n) is 5.46. The van der Waals surface area contributed by atoms with Crippen LogP contribution in [0.25, 0.3) is 0 Å². The third kappa shape index (κ3) is 3.72. The molecule has 0 bridgehead atoms. The summed E-state index contributed by atoms with van der Waals surface area (Å²) in [5.74, 6) is 1.52. The van der Waals surface area contributed by atoms with E-state index in [0.717, 1.165) is 17.1 Å². The molecule has 0 atom stereocenters. The summed E-state index contributed by atoms with van der Waals surface area (Å²) in [5, 5.41) is 0. The van der Waals surface area contributed by atoms with Gasteiger partial charge in [0.25, 0.3) is 0 Å². The molecule has 0 spiro atoms. The molecule has 0 saturated heterocycles. The van der Waals surface area contributed by atoms with Gasteiger partial charge in [0.15, 0.2) is 11.5 Å². The molecule has 16 heavy (non-hydrogen) atoms. The Hall–Kier alpha value is -1.26. The van der Waals surface area contributed by atoms with E-state index in [1.54, 1.807) is 7.11 Å². The smallest absolute Gasteiger partial charge is 0.161 e. The predicted octanol–water partition coefficient (Wildman–Crippen LogP) is 2.13. The van der Waals surface area contributed by atoms with E-state index in [4.69, 9.17) is 14.3 Å². The van der Waals surface area contributed by atoms with Gasteiger partial charge in [-0.15, -0.1) is 0 Å². The topological polar surface area (TPSA) is 39.7 Å². The Kier molecular flexibility index (Phi) is 5.67. The molecular weight excluding hydrogens is 206 g/mol. The van der Waals surface area contributed by atoms with E-state index in [-0.39, 0.29) is 0 Å². The second-order valence-corrected chi connectivity index (χ2v) is 3.17. The largest absolute Gasteiger partial charge is 0.493 e. The molecule has 1 rings (SSSR count). The second kappa shape index (κ2) is 7.09. The van der Waals surface area contributed by atoms with E-state index >= 15 is 0 Å². The zero-order chi connectivity index (χ0) is 11.8. The summed E-state index contributed by atoms with van der Waals surface area (Å²) >= 11 is 0. The van der Waals surface area contributed by atoms with Gasteiger partial charge in [-0.2, -0.15) is 5.48 Å². The summed E-state index contributed by atoms with van der Waals surface area (Å²) in [4.78, 5) is 5.07. The normalized spacial score (nSPS) is 10.2. The Bertz CT molecular complexity index is 315. The molecule has 0 radical (unpaired) electrons. The lowest BCUT2D eigenvalue weighted by Gasteiger charge is -2.11. The lowest BCUT2D eigenvalue weighted by molar-refractivity contribution is 0.0463. The monoisotopic (exact) mass is 225 g/mol. The Morgan fingerprint density at radius 1 is 1.12 bits per heavy atom. The first-order chi connectivity index (χ1) is 7.81. The average Bonchev–Trinajstić information content (AvgIpc) is 2.30. The zero-order valence-electron chi connectivity index (χ0n) is 10.1. The molecule has 0 fully saturated rings. The number of rotatable bonds is 7. The van der Waals surface area contributed by atoms with Crippen LogP contribution in [0.1, 0.15) is 19.4 Å². The van der Waals surface area contributed by atoms with Gasteiger partial charge in [-0.3, -0.25) is 0 Å². The molecule has 0 unspecified atom stereocenters. The number of methoxy groups -OCH3 is 1. The van der Waals surface area contributed by atoms with Gasteiger partial charge in [-0.1, -0.05) is 6.07 Å². The van der Waals surface area contributed by atoms with Crippen molar-refractivity contribution in [2.24, 2.45) is 0 Å². The van der Waals surface area contributed by atoms with Crippen molar-refractivity contribution in [1.29, 1.82) is 0 Å². The summed E-state index contributed by atoms with van der Waals surface area (Å²) in [6.07, 6.45) is 0. The van der Waals surface area contributed by atoms with E-state index in [9.17, 15) is 0 Å². The van der Waals surface area contributed by atoms with Gasteiger partial charge in [0.1, 0.15) is 0 Å². The number of hydrogen-bond acceptors (Lipinski definition) is 4. The van der Waals surface area contributed by atoms with Gasteiger partial charge in [-0.25, -0.2) is 0 Å². The maximum Gasteiger partial charge on any atom is 0.161 e. The molecule has 4 heteroatoms. The van der Waals surface area contributed by atoms with E-state index < -0.39 is 0 Å². The van der Waals surface area contributed by atoms with E-state index in [1.165, 1.54) is 0 Å². The molecule has 0 aliphatic rings. The van der Waals surface area contributed by atoms with Gasteiger partial charge >= 0.3 is 0 Å². The van der Waals surface area contributed by atoms with Crippen LogP contribution in [0.3, 0.4) is 0 Å². The van der Waals surface area contributed by atoms with Crippen LogP contribution < -0.4 is 15.0 Å². The molecule has 90 valence electrons. The molecule has 0 aliphatic carbocycles. The Labute approximate surface area is 96.5 Å². The van der Waals surface area contributed by atoms with Crippen LogP contribution >= 0.6 is 0 Å². The second-order valence-electron chi connectivity index (χ2n) is 3.17. The highest BCUT2D eigenvalue weighted by Gasteiger charge is 2.04. The third-order valence-electron chi connectivity index (χ3n) is 2.05. The van der Waals surface area contributed by atoms with Crippen molar-refractivity contribution < 1.29 is 14.3 Å². The molecule has 0 saturated carbocycles. The molecule has 0 aliphatic heterocycles. The van der Waals surface area contributed by atoms with E-state index in [2.05, 4.69) is 5.48 Å². The lowest BCUT2D eigenvalue weighted by Crippen LogP contribution is -2.13. The number of ether oxygens (including phenoxy) is 2. The fourth-order valence-electron chi connectivity index (χ4n) is 1.34. The third-order valence-corrected chi connectivity index (χ3v) is 2.05. The summed E-state index contributed by atoms with van der Waals surface area (Å²) < 4.78 is 10.7. The fourth-order valence-corrected chi connectivity index (χ4v) is 1.34. The molecule has 4 nitrogen and oxygen atoms in total. The lowest BCUT2D eigenvalue weighted by atomic mass is 10.2. The minimum absolute atomic E-state index is 0.624. The molecule has 0 amide bonds. The van der Waals surface area contributed by atoms with Crippen LogP contribution in [0.5, 0.6) is 11.5 Å². The highest BCUT2D eigenvalue weighted by atomic mass is 16.6. The first-order valence-corrected chi connectivity index (χ1v) is 5.46. The van der Waals surface area contributed by atoms with Crippen LogP contribution in [0.4, 0.5) is 0 Å². The number of hydroxylamine groups is 1. The minimum atomic E-state index is 0.624. The van der Waals surface area contributed by atoms with Crippen LogP contribution in [0, 0.1) is 0 Å². The summed E-state index contributed by atoms with van der Waals surface area (Å²) in [5.41, 5.74) is 3.96. The van der Waals surface area contributed by atoms with Crippen LogP contribution in [-0.4, -0.2) is 20.3 Å². The predicted molar refractivity (Wildman–Crippen MR) is 62.6 cm³/mol. The minimum Gasteiger partial charge on any atom is -0.493 e. The van der Waals surface area contributed by atoms with Gasteiger partial charge in [0.05, 0.1) is 20.3 Å².